The van der Waals surface area contributed by atoms with Gasteiger partial charge in [-0.05, 0) is 60.7 Å². The van der Waals surface area contributed by atoms with E-state index in [9.17, 15) is 19.2 Å². The predicted octanol–water partition coefficient (Wildman–Crippen LogP) is 6.97. The molecule has 0 aliphatic carbocycles. The number of thiazole rings is 1. The maximum absolute atomic E-state index is 14.0. The number of anilines is 2. The Kier molecular flexibility index (Phi) is 8.16. The number of imide groups is 1. The van der Waals surface area contributed by atoms with Gasteiger partial charge in [0.2, 0.25) is 11.8 Å². The van der Waals surface area contributed by atoms with Gasteiger partial charge in [-0.25, -0.2) is 4.90 Å². The van der Waals surface area contributed by atoms with Gasteiger partial charge in [-0.2, -0.15) is 0 Å². The van der Waals surface area contributed by atoms with Crippen LogP contribution in [0.25, 0.3) is 0 Å². The van der Waals surface area contributed by atoms with Crippen LogP contribution in [0.4, 0.5) is 11.4 Å². The summed E-state index contributed by atoms with van der Waals surface area (Å²) in [5.41, 5.74) is 1.41. The highest BCUT2D eigenvalue weighted by Gasteiger charge is 2.56. The minimum Gasteiger partial charge on any atom is -0.483 e. The fourth-order valence-electron chi connectivity index (χ4n) is 5.00. The molecule has 1 aromatic heterocycles. The number of ether oxygens (including phenoxy) is 1. The number of rotatable bonds is 6. The zero-order chi connectivity index (χ0) is 29.7. The van der Waals surface area contributed by atoms with Crippen molar-refractivity contribution in [1.82, 2.24) is 4.98 Å². The third-order valence-electron chi connectivity index (χ3n) is 6.78. The lowest BCUT2D eigenvalue weighted by Gasteiger charge is -2.31. The first kappa shape index (κ1) is 29.3. The van der Waals surface area contributed by atoms with Gasteiger partial charge in [-0.1, -0.05) is 73.8 Å². The van der Waals surface area contributed by atoms with Crippen molar-refractivity contribution in [3.8, 4) is 5.75 Å². The van der Waals surface area contributed by atoms with Crippen molar-refractivity contribution in [2.75, 3.05) is 16.8 Å². The van der Waals surface area contributed by atoms with Crippen LogP contribution in [-0.4, -0.2) is 34.6 Å². The van der Waals surface area contributed by atoms with Crippen molar-refractivity contribution in [1.29, 1.82) is 0 Å². The molecule has 0 radical (unpaired) electrons. The third kappa shape index (κ3) is 5.49. The Hall–Kier alpha value is -2.80. The topological polar surface area (TPSA) is 109 Å². The minimum atomic E-state index is -0.834. The van der Waals surface area contributed by atoms with E-state index in [0.717, 1.165) is 11.3 Å². The number of nitrogens with one attached hydrogen (secondary N) is 2. The highest BCUT2D eigenvalue weighted by atomic mass is 79.9. The molecule has 3 heterocycles. The van der Waals surface area contributed by atoms with Gasteiger partial charge in [0.05, 0.1) is 26.7 Å². The predicted molar refractivity (Wildman–Crippen MR) is 169 cm³/mol. The summed E-state index contributed by atoms with van der Waals surface area (Å²) < 4.78 is 6.67. The lowest BCUT2D eigenvalue weighted by Crippen LogP contribution is -2.32. The number of hydrogen-bond donors (Lipinski definition) is 2. The summed E-state index contributed by atoms with van der Waals surface area (Å²) in [7, 11) is 0. The Morgan fingerprint density at radius 1 is 0.976 bits per heavy atom. The van der Waals surface area contributed by atoms with Crippen LogP contribution in [-0.2, 0) is 14.4 Å². The highest BCUT2D eigenvalue weighted by molar-refractivity contribution is 9.10. The number of amides is 3. The van der Waals surface area contributed by atoms with Gasteiger partial charge in [0.1, 0.15) is 11.0 Å². The first-order valence-corrected chi connectivity index (χ1v) is 15.9. The molecular formula is C28H17BrCl3N3O5S2. The number of halogens is 4. The summed E-state index contributed by atoms with van der Waals surface area (Å²) in [6.45, 7) is -0.357. The number of nitrogens with zero attached hydrogens (tertiary/aromatic N) is 1. The molecule has 1 saturated heterocycles. The lowest BCUT2D eigenvalue weighted by atomic mass is 9.82. The molecule has 3 atom stereocenters. The molecule has 0 unspecified atom stereocenters. The van der Waals surface area contributed by atoms with E-state index in [0.29, 0.717) is 52.1 Å². The quantitative estimate of drug-likeness (QED) is 0.208. The molecule has 0 spiro atoms. The Bertz CT molecular complexity index is 1810. The fraction of sp³-hybridized carbons (Fsp3) is 0.143. The summed E-state index contributed by atoms with van der Waals surface area (Å²) >= 11 is 23.7. The number of thioether (sulfide) groups is 1. The smallest absolute Gasteiger partial charge is 0.305 e. The first-order valence-electron chi connectivity index (χ1n) is 12.3. The van der Waals surface area contributed by atoms with Crippen molar-refractivity contribution in [3.05, 3.63) is 100 Å². The molecule has 214 valence electrons. The Labute approximate surface area is 270 Å². The molecule has 8 nitrogen and oxygen atoms in total. The van der Waals surface area contributed by atoms with E-state index < -0.39 is 34.8 Å². The first-order chi connectivity index (χ1) is 20.1. The molecule has 3 aromatic carbocycles. The van der Waals surface area contributed by atoms with E-state index in [1.807, 2.05) is 0 Å². The van der Waals surface area contributed by atoms with Crippen LogP contribution in [0.3, 0.4) is 0 Å². The van der Waals surface area contributed by atoms with Crippen LogP contribution in [0.15, 0.2) is 75.0 Å². The molecule has 4 aromatic rings. The van der Waals surface area contributed by atoms with Crippen molar-refractivity contribution >= 4 is 103 Å². The Morgan fingerprint density at radius 2 is 1.74 bits per heavy atom. The largest absolute Gasteiger partial charge is 0.483 e. The molecule has 2 aliphatic heterocycles. The fourth-order valence-corrected chi connectivity index (χ4v) is 8.31. The highest BCUT2D eigenvalue weighted by Crippen LogP contribution is 2.54. The monoisotopic (exact) mass is 723 g/mol. The van der Waals surface area contributed by atoms with Crippen LogP contribution >= 0.6 is 73.8 Å². The van der Waals surface area contributed by atoms with Gasteiger partial charge in [-0.3, -0.25) is 19.2 Å². The summed E-state index contributed by atoms with van der Waals surface area (Å²) in [6.07, 6.45) is 0. The van der Waals surface area contributed by atoms with Gasteiger partial charge >= 0.3 is 4.87 Å². The molecule has 0 saturated carbocycles. The number of carbonyl (C=O) groups is 3. The summed E-state index contributed by atoms with van der Waals surface area (Å²) in [4.78, 5) is 57.2. The molecule has 1 fully saturated rings. The second-order valence-electron chi connectivity index (χ2n) is 9.39. The normalized spacial score (nSPS) is 19.4. The second kappa shape index (κ2) is 11.7. The average Bonchev–Trinajstić information content (AvgIpc) is 3.44. The van der Waals surface area contributed by atoms with Gasteiger partial charge < -0.3 is 15.0 Å². The maximum Gasteiger partial charge on any atom is 0.305 e. The van der Waals surface area contributed by atoms with E-state index >= 15 is 0 Å². The Morgan fingerprint density at radius 3 is 2.48 bits per heavy atom. The van der Waals surface area contributed by atoms with Crippen LogP contribution in [0, 0.1) is 5.92 Å². The zero-order valence-electron chi connectivity index (χ0n) is 21.0. The van der Waals surface area contributed by atoms with E-state index in [-0.39, 0.29) is 11.5 Å². The number of aromatic nitrogens is 1. The molecule has 2 N–H and O–H groups in total. The van der Waals surface area contributed by atoms with Crippen molar-refractivity contribution in [2.24, 2.45) is 5.92 Å². The number of H-pyrrole nitrogens is 1. The second-order valence-corrected chi connectivity index (χ2v) is 13.7. The molecule has 2 aliphatic rings. The van der Waals surface area contributed by atoms with Gasteiger partial charge in [0.15, 0.2) is 6.61 Å². The Balaban J connectivity index is 1.35. The molecule has 14 heteroatoms. The molecular weight excluding hydrogens is 709 g/mol. The van der Waals surface area contributed by atoms with E-state index in [4.69, 9.17) is 39.5 Å². The standard InChI is InChI=1S/C28H17BrCl3N3O5S2/c29-12-1-8-19(40-11-20(36)33-14-4-7-17(31)18(32)10-14)16(9-12)21-22-24(41-25-23(21)42-28(39)34-25)27(38)35(26(22)37)15-5-2-13(30)3-6-15/h1-10,21-22,24H,11H2,(H,33,36)(H,34,39)/t21-,22-,24+/m0/s1. The number of aromatic amines is 1. The van der Waals surface area contributed by atoms with Crippen LogP contribution in [0.5, 0.6) is 5.75 Å². The zero-order valence-corrected chi connectivity index (χ0v) is 26.5. The molecule has 3 amide bonds. The minimum absolute atomic E-state index is 0.292. The van der Waals surface area contributed by atoms with E-state index in [1.165, 1.54) is 22.7 Å². The van der Waals surface area contributed by atoms with Crippen LogP contribution < -0.4 is 19.8 Å². The van der Waals surface area contributed by atoms with E-state index in [2.05, 4.69) is 26.2 Å². The molecule has 6 rings (SSSR count). The van der Waals surface area contributed by atoms with Gasteiger partial charge in [-0.15, -0.1) is 0 Å². The number of carbonyl (C=O) groups excluding carboxylic acids is 3. The molecule has 0 bridgehead atoms. The number of fused-ring (bicyclic) bond motifs is 2. The van der Waals surface area contributed by atoms with Crippen LogP contribution in [0.1, 0.15) is 16.4 Å². The number of benzene rings is 3. The van der Waals surface area contributed by atoms with E-state index in [1.54, 1.807) is 54.6 Å². The summed E-state index contributed by atoms with van der Waals surface area (Å²) in [5, 5.41) is 3.57. The maximum atomic E-state index is 14.0. The summed E-state index contributed by atoms with van der Waals surface area (Å²) in [5.74, 6) is -2.45. The SMILES string of the molecule is O=C(COc1ccc(Br)cc1[C@@H]1c2sc(=O)[nH]c2S[C@H]2C(=O)N(c3ccc(Cl)cc3)C(=O)[C@@H]12)Nc1ccc(Cl)c(Cl)c1. The van der Waals surface area contributed by atoms with Crippen LogP contribution in [0.2, 0.25) is 15.1 Å². The van der Waals surface area contributed by atoms with Gasteiger partial charge in [0, 0.05) is 31.5 Å². The van der Waals surface area contributed by atoms with Gasteiger partial charge in [0.25, 0.3) is 5.91 Å². The third-order valence-corrected chi connectivity index (χ3v) is 10.7. The molecule has 42 heavy (non-hydrogen) atoms. The van der Waals surface area contributed by atoms with Crippen molar-refractivity contribution < 1.29 is 19.1 Å². The van der Waals surface area contributed by atoms with Crippen molar-refractivity contribution in [3.63, 3.8) is 0 Å². The van der Waals surface area contributed by atoms with Crippen molar-refractivity contribution in [2.45, 2.75) is 16.2 Å². The lowest BCUT2D eigenvalue weighted by molar-refractivity contribution is -0.122. The average molecular weight is 726 g/mol. The summed E-state index contributed by atoms with van der Waals surface area (Å²) in [6, 6.07) is 16.4. The number of hydrogen-bond acceptors (Lipinski definition) is 7.